The van der Waals surface area contributed by atoms with Crippen molar-refractivity contribution in [1.29, 1.82) is 0 Å². The second-order valence-corrected chi connectivity index (χ2v) is 6.71. The zero-order chi connectivity index (χ0) is 18.7. The molecular weight excluding hydrogens is 316 g/mol. The summed E-state index contributed by atoms with van der Waals surface area (Å²) in [5, 5.41) is 10.5. The van der Waals surface area contributed by atoms with Gasteiger partial charge in [-0.3, -0.25) is 4.79 Å². The first kappa shape index (κ1) is 18.8. The number of ether oxygens (including phenoxy) is 2. The zero-order valence-electron chi connectivity index (χ0n) is 15.7. The molecule has 0 bridgehead atoms. The second kappa shape index (κ2) is 7.60. The Morgan fingerprint density at radius 3 is 1.80 bits per heavy atom. The minimum absolute atomic E-state index is 0.107. The van der Waals surface area contributed by atoms with Crippen LogP contribution in [-0.4, -0.2) is 25.1 Å². The molecule has 4 heteroatoms. The molecule has 2 aromatic rings. The Morgan fingerprint density at radius 2 is 1.36 bits per heavy atom. The SMILES string of the molecule is COc1ccc(C(=O)c2cc(C(C)C)c(O)c(C(C)C)c2)cc1OC. The van der Waals surface area contributed by atoms with Gasteiger partial charge in [0.25, 0.3) is 0 Å². The van der Waals surface area contributed by atoms with E-state index < -0.39 is 0 Å². The van der Waals surface area contributed by atoms with E-state index in [2.05, 4.69) is 0 Å². The van der Waals surface area contributed by atoms with Crippen molar-refractivity contribution in [3.63, 3.8) is 0 Å². The van der Waals surface area contributed by atoms with E-state index in [4.69, 9.17) is 9.47 Å². The molecule has 4 nitrogen and oxygen atoms in total. The fourth-order valence-electron chi connectivity index (χ4n) is 2.84. The first-order valence-electron chi connectivity index (χ1n) is 8.43. The summed E-state index contributed by atoms with van der Waals surface area (Å²) in [5.74, 6) is 1.51. The highest BCUT2D eigenvalue weighted by molar-refractivity contribution is 6.09. The van der Waals surface area contributed by atoms with E-state index in [0.717, 1.165) is 11.1 Å². The summed E-state index contributed by atoms with van der Waals surface area (Å²) < 4.78 is 10.5. The number of aromatic hydroxyl groups is 1. The largest absolute Gasteiger partial charge is 0.507 e. The number of ketones is 1. The van der Waals surface area contributed by atoms with E-state index in [0.29, 0.717) is 22.6 Å². The van der Waals surface area contributed by atoms with Gasteiger partial charge >= 0.3 is 0 Å². The van der Waals surface area contributed by atoms with Crippen LogP contribution in [0, 0.1) is 0 Å². The summed E-state index contributed by atoms with van der Waals surface area (Å²) in [6.45, 7) is 8.02. The molecule has 0 atom stereocenters. The maximum Gasteiger partial charge on any atom is 0.193 e. The van der Waals surface area contributed by atoms with Gasteiger partial charge in [-0.15, -0.1) is 0 Å². The minimum Gasteiger partial charge on any atom is -0.507 e. The summed E-state index contributed by atoms with van der Waals surface area (Å²) >= 11 is 0. The van der Waals surface area contributed by atoms with Gasteiger partial charge in [-0.25, -0.2) is 0 Å². The summed E-state index contributed by atoms with van der Waals surface area (Å²) in [7, 11) is 3.10. The number of phenolic OH excluding ortho intramolecular Hbond substituents is 1. The summed E-state index contributed by atoms with van der Waals surface area (Å²) in [6, 6.07) is 8.69. The molecule has 0 amide bonds. The van der Waals surface area contributed by atoms with Crippen LogP contribution >= 0.6 is 0 Å². The van der Waals surface area contributed by atoms with Crippen LogP contribution in [0.4, 0.5) is 0 Å². The van der Waals surface area contributed by atoms with Crippen molar-refractivity contribution in [2.75, 3.05) is 14.2 Å². The highest BCUT2D eigenvalue weighted by Gasteiger charge is 2.20. The van der Waals surface area contributed by atoms with Crippen LogP contribution in [0.3, 0.4) is 0 Å². The van der Waals surface area contributed by atoms with Gasteiger partial charge in [0.05, 0.1) is 14.2 Å². The van der Waals surface area contributed by atoms with Crippen molar-refractivity contribution in [1.82, 2.24) is 0 Å². The highest BCUT2D eigenvalue weighted by atomic mass is 16.5. The number of phenols is 1. The number of carbonyl (C=O) groups is 1. The molecule has 1 N–H and O–H groups in total. The highest BCUT2D eigenvalue weighted by Crippen LogP contribution is 2.36. The Labute approximate surface area is 149 Å². The number of methoxy groups -OCH3 is 2. The van der Waals surface area contributed by atoms with Gasteiger partial charge in [-0.2, -0.15) is 0 Å². The van der Waals surface area contributed by atoms with Crippen molar-refractivity contribution in [3.8, 4) is 17.2 Å². The maximum atomic E-state index is 13.0. The van der Waals surface area contributed by atoms with E-state index in [1.54, 1.807) is 44.6 Å². The fraction of sp³-hybridized carbons (Fsp3) is 0.381. The molecule has 0 saturated heterocycles. The molecule has 0 radical (unpaired) electrons. The molecule has 0 unspecified atom stereocenters. The third kappa shape index (κ3) is 3.78. The van der Waals surface area contributed by atoms with Gasteiger partial charge in [-0.05, 0) is 53.3 Å². The van der Waals surface area contributed by atoms with Crippen LogP contribution in [0.1, 0.15) is 66.6 Å². The van der Waals surface area contributed by atoms with Crippen LogP contribution < -0.4 is 9.47 Å². The van der Waals surface area contributed by atoms with E-state index in [1.807, 2.05) is 27.7 Å². The molecule has 0 aromatic heterocycles. The number of hydrogen-bond acceptors (Lipinski definition) is 4. The molecule has 25 heavy (non-hydrogen) atoms. The quantitative estimate of drug-likeness (QED) is 0.760. The number of carbonyl (C=O) groups excluding carboxylic acids is 1. The van der Waals surface area contributed by atoms with Crippen molar-refractivity contribution >= 4 is 5.78 Å². The zero-order valence-corrected chi connectivity index (χ0v) is 15.7. The fourth-order valence-corrected chi connectivity index (χ4v) is 2.84. The molecule has 2 rings (SSSR count). The van der Waals surface area contributed by atoms with Gasteiger partial charge in [0.1, 0.15) is 5.75 Å². The van der Waals surface area contributed by atoms with E-state index in [-0.39, 0.29) is 23.4 Å². The van der Waals surface area contributed by atoms with Gasteiger partial charge in [0.15, 0.2) is 17.3 Å². The lowest BCUT2D eigenvalue weighted by atomic mass is 9.89. The molecule has 0 aliphatic carbocycles. The summed E-state index contributed by atoms with van der Waals surface area (Å²) in [5.41, 5.74) is 2.66. The van der Waals surface area contributed by atoms with Crippen LogP contribution in [0.25, 0.3) is 0 Å². The Kier molecular flexibility index (Phi) is 5.73. The average molecular weight is 342 g/mol. The maximum absolute atomic E-state index is 13.0. The Morgan fingerprint density at radius 1 is 0.840 bits per heavy atom. The topological polar surface area (TPSA) is 55.8 Å². The lowest BCUT2D eigenvalue weighted by molar-refractivity contribution is 0.103. The molecule has 2 aromatic carbocycles. The monoisotopic (exact) mass is 342 g/mol. The molecule has 0 spiro atoms. The van der Waals surface area contributed by atoms with E-state index in [1.165, 1.54) is 0 Å². The summed E-state index contributed by atoms with van der Waals surface area (Å²) in [4.78, 5) is 13.0. The summed E-state index contributed by atoms with van der Waals surface area (Å²) in [6.07, 6.45) is 0. The van der Waals surface area contributed by atoms with Crippen molar-refractivity contribution < 1.29 is 19.4 Å². The number of rotatable bonds is 6. The first-order valence-corrected chi connectivity index (χ1v) is 8.43. The molecule has 0 saturated carbocycles. The molecule has 0 aliphatic rings. The van der Waals surface area contributed by atoms with Crippen molar-refractivity contribution in [2.24, 2.45) is 0 Å². The third-order valence-electron chi connectivity index (χ3n) is 4.32. The van der Waals surface area contributed by atoms with Crippen molar-refractivity contribution in [3.05, 3.63) is 52.6 Å². The van der Waals surface area contributed by atoms with Crippen LogP contribution in [0.5, 0.6) is 17.2 Å². The normalized spacial score (nSPS) is 11.0. The van der Waals surface area contributed by atoms with Crippen LogP contribution in [0.2, 0.25) is 0 Å². The Balaban J connectivity index is 2.56. The minimum atomic E-state index is -0.107. The van der Waals surface area contributed by atoms with Crippen LogP contribution in [0.15, 0.2) is 30.3 Å². The standard InChI is InChI=1S/C21H26O4/c1-12(2)16-9-15(10-17(13(3)4)21(16)23)20(22)14-7-8-18(24-5)19(11-14)25-6/h7-13,23H,1-6H3. The van der Waals surface area contributed by atoms with Gasteiger partial charge in [0.2, 0.25) is 0 Å². The number of benzene rings is 2. The average Bonchev–Trinajstić information content (AvgIpc) is 2.60. The Bertz CT molecular complexity index is 746. The molecule has 134 valence electrons. The third-order valence-corrected chi connectivity index (χ3v) is 4.32. The smallest absolute Gasteiger partial charge is 0.193 e. The van der Waals surface area contributed by atoms with E-state index in [9.17, 15) is 9.90 Å². The molecule has 0 fully saturated rings. The van der Waals surface area contributed by atoms with Gasteiger partial charge < -0.3 is 14.6 Å². The Hall–Kier alpha value is -2.49. The number of hydrogen-bond donors (Lipinski definition) is 1. The predicted molar refractivity (Wildman–Crippen MR) is 99.3 cm³/mol. The van der Waals surface area contributed by atoms with Crippen LogP contribution in [-0.2, 0) is 0 Å². The molecule has 0 heterocycles. The van der Waals surface area contributed by atoms with E-state index >= 15 is 0 Å². The van der Waals surface area contributed by atoms with Gasteiger partial charge in [-0.1, -0.05) is 27.7 Å². The van der Waals surface area contributed by atoms with Gasteiger partial charge in [0, 0.05) is 11.1 Å². The molecular formula is C21H26O4. The molecule has 0 aliphatic heterocycles. The second-order valence-electron chi connectivity index (χ2n) is 6.71. The first-order chi connectivity index (χ1) is 11.8. The van der Waals surface area contributed by atoms with Crippen molar-refractivity contribution in [2.45, 2.75) is 39.5 Å². The predicted octanol–water partition coefficient (Wildman–Crippen LogP) is 4.89. The lowest BCUT2D eigenvalue weighted by Crippen LogP contribution is -2.06. The lowest BCUT2D eigenvalue weighted by Gasteiger charge is -2.17.